The highest BCUT2D eigenvalue weighted by atomic mass is 32.2. The van der Waals surface area contributed by atoms with Crippen LogP contribution in [0.2, 0.25) is 0 Å². The molecule has 166 valence electrons. The predicted molar refractivity (Wildman–Crippen MR) is 99.4 cm³/mol. The van der Waals surface area contributed by atoms with E-state index in [9.17, 15) is 26.2 Å². The number of nitrogens with zero attached hydrogens (tertiary/aromatic N) is 2. The van der Waals surface area contributed by atoms with Crippen LogP contribution in [0.4, 0.5) is 18.9 Å². The second kappa shape index (κ2) is 7.96. The average molecular weight is 479 g/mol. The second-order valence-corrected chi connectivity index (χ2v) is 8.91. The average Bonchev–Trinajstić information content (AvgIpc) is 3.06. The number of alkyl halides is 3. The molecule has 3 rings (SSSR count). The van der Waals surface area contributed by atoms with Crippen molar-refractivity contribution in [1.29, 1.82) is 0 Å². The Kier molecular flexibility index (Phi) is 5.84. The van der Waals surface area contributed by atoms with Crippen LogP contribution < -0.4 is 9.25 Å². The summed E-state index contributed by atoms with van der Waals surface area (Å²) in [6, 6.07) is 6.23. The van der Waals surface area contributed by atoms with Crippen LogP contribution in [0.25, 0.3) is 11.5 Å². The number of benzene rings is 2. The Morgan fingerprint density at radius 1 is 1.16 bits per heavy atom. The first-order chi connectivity index (χ1) is 14.2. The molecule has 3 N–H and O–H groups in total. The third kappa shape index (κ3) is 5.61. The Labute approximate surface area is 173 Å². The molecule has 0 spiro atoms. The number of phosphoric ester groups is 1. The molecule has 3 aromatic rings. The minimum atomic E-state index is -4.98. The first-order valence-corrected chi connectivity index (χ1v) is 11.2. The van der Waals surface area contributed by atoms with Crippen LogP contribution in [0.1, 0.15) is 11.4 Å². The van der Waals surface area contributed by atoms with Gasteiger partial charge in [0.1, 0.15) is 5.75 Å². The van der Waals surface area contributed by atoms with Gasteiger partial charge in [-0.1, -0.05) is 11.2 Å². The maximum Gasteiger partial charge on any atom is 0.524 e. The van der Waals surface area contributed by atoms with Crippen LogP contribution in [-0.4, -0.2) is 28.3 Å². The molecule has 1 heterocycles. The van der Waals surface area contributed by atoms with Gasteiger partial charge in [0.25, 0.3) is 15.9 Å². The smallest absolute Gasteiger partial charge is 0.404 e. The van der Waals surface area contributed by atoms with Gasteiger partial charge in [-0.2, -0.15) is 18.2 Å². The van der Waals surface area contributed by atoms with Crippen molar-refractivity contribution in [2.45, 2.75) is 18.0 Å². The van der Waals surface area contributed by atoms with Gasteiger partial charge in [0.2, 0.25) is 0 Å². The van der Waals surface area contributed by atoms with Crippen molar-refractivity contribution in [2.24, 2.45) is 0 Å². The third-order valence-corrected chi connectivity index (χ3v) is 5.50. The quantitative estimate of drug-likeness (QED) is 0.452. The van der Waals surface area contributed by atoms with Crippen LogP contribution >= 0.6 is 7.82 Å². The van der Waals surface area contributed by atoms with E-state index in [4.69, 9.17) is 14.3 Å². The third-order valence-electron chi connectivity index (χ3n) is 3.69. The summed E-state index contributed by atoms with van der Waals surface area (Å²) in [6.45, 7) is 1.49. The molecule has 1 aromatic heterocycles. The van der Waals surface area contributed by atoms with Crippen molar-refractivity contribution in [3.05, 3.63) is 53.9 Å². The predicted octanol–water partition coefficient (Wildman–Crippen LogP) is 3.34. The van der Waals surface area contributed by atoms with E-state index in [1.54, 1.807) is 0 Å². The fraction of sp³-hybridized carbons (Fsp3) is 0.125. The molecule has 0 aliphatic heterocycles. The van der Waals surface area contributed by atoms with Crippen molar-refractivity contribution < 1.29 is 45.0 Å². The van der Waals surface area contributed by atoms with Gasteiger partial charge in [0.15, 0.2) is 5.82 Å². The number of nitrogens with one attached hydrogen (secondary N) is 1. The zero-order valence-corrected chi connectivity index (χ0v) is 17.1. The van der Waals surface area contributed by atoms with E-state index in [1.807, 2.05) is 0 Å². The highest BCUT2D eigenvalue weighted by Gasteiger charge is 2.32. The van der Waals surface area contributed by atoms with Crippen molar-refractivity contribution in [1.82, 2.24) is 10.1 Å². The van der Waals surface area contributed by atoms with Gasteiger partial charge in [-0.25, -0.2) is 13.0 Å². The Morgan fingerprint density at radius 3 is 2.45 bits per heavy atom. The van der Waals surface area contributed by atoms with Gasteiger partial charge in [-0.3, -0.25) is 14.5 Å². The SMILES string of the molecule is Cc1noc(-c2ccc(OP(=O)(O)O)cc2NS(=O)(=O)c2cccc(C(F)(F)F)c2)n1. The number of aryl methyl sites for hydroxylation is 1. The molecule has 0 radical (unpaired) electrons. The maximum atomic E-state index is 12.9. The van der Waals surface area contributed by atoms with Crippen molar-refractivity contribution in [2.75, 3.05) is 4.72 Å². The van der Waals surface area contributed by atoms with E-state index in [0.717, 1.165) is 24.3 Å². The minimum Gasteiger partial charge on any atom is -0.404 e. The van der Waals surface area contributed by atoms with Crippen molar-refractivity contribution >= 4 is 23.5 Å². The lowest BCUT2D eigenvalue weighted by molar-refractivity contribution is -0.137. The molecule has 31 heavy (non-hydrogen) atoms. The minimum absolute atomic E-state index is 0.00536. The summed E-state index contributed by atoms with van der Waals surface area (Å²) in [5, 5.41) is 3.57. The molecule has 15 heteroatoms. The lowest BCUT2D eigenvalue weighted by Gasteiger charge is -2.14. The highest BCUT2D eigenvalue weighted by molar-refractivity contribution is 7.92. The molecule has 10 nitrogen and oxygen atoms in total. The van der Waals surface area contributed by atoms with Crippen LogP contribution in [-0.2, 0) is 20.8 Å². The van der Waals surface area contributed by atoms with Crippen LogP contribution in [0.15, 0.2) is 51.9 Å². The summed E-state index contributed by atoms with van der Waals surface area (Å²) in [6.07, 6.45) is -4.77. The van der Waals surface area contributed by atoms with Crippen molar-refractivity contribution in [3.8, 4) is 17.2 Å². The number of hydrogen-bond donors (Lipinski definition) is 3. The normalized spacial score (nSPS) is 12.6. The molecule has 0 saturated carbocycles. The zero-order valence-electron chi connectivity index (χ0n) is 15.4. The molecular weight excluding hydrogens is 466 g/mol. The molecule has 0 saturated heterocycles. The van der Waals surface area contributed by atoms with Crippen LogP contribution in [0, 0.1) is 6.92 Å². The summed E-state index contributed by atoms with van der Waals surface area (Å²) in [5.74, 6) is -0.366. The van der Waals surface area contributed by atoms with E-state index < -0.39 is 40.2 Å². The summed E-state index contributed by atoms with van der Waals surface area (Å²) in [7, 11) is -9.55. The molecule has 0 aliphatic carbocycles. The molecule has 0 fully saturated rings. The molecule has 0 aliphatic rings. The fourth-order valence-electron chi connectivity index (χ4n) is 2.44. The molecule has 2 aromatic carbocycles. The number of aromatic nitrogens is 2. The van der Waals surface area contributed by atoms with E-state index in [1.165, 1.54) is 13.0 Å². The van der Waals surface area contributed by atoms with Gasteiger partial charge in [-0.05, 0) is 37.3 Å². The van der Waals surface area contributed by atoms with E-state index in [-0.39, 0.29) is 23.0 Å². The Hall–Kier alpha value is -2.93. The van der Waals surface area contributed by atoms with Gasteiger partial charge >= 0.3 is 14.0 Å². The topological polar surface area (TPSA) is 152 Å². The summed E-state index contributed by atoms with van der Waals surface area (Å²) >= 11 is 0. The van der Waals surface area contributed by atoms with E-state index in [0.29, 0.717) is 12.1 Å². The highest BCUT2D eigenvalue weighted by Crippen LogP contribution is 2.41. The van der Waals surface area contributed by atoms with Crippen molar-refractivity contribution in [3.63, 3.8) is 0 Å². The molecule has 0 unspecified atom stereocenters. The lowest BCUT2D eigenvalue weighted by atomic mass is 10.2. The summed E-state index contributed by atoms with van der Waals surface area (Å²) in [5.41, 5.74) is -1.51. The first-order valence-electron chi connectivity index (χ1n) is 8.14. The number of phosphoric acid groups is 1. The second-order valence-electron chi connectivity index (χ2n) is 6.07. The van der Waals surface area contributed by atoms with Gasteiger partial charge in [0.05, 0.1) is 21.7 Å². The number of anilines is 1. The summed E-state index contributed by atoms with van der Waals surface area (Å²) < 4.78 is 86.9. The molecule has 0 bridgehead atoms. The Bertz CT molecular complexity index is 1270. The van der Waals surface area contributed by atoms with Gasteiger partial charge in [0, 0.05) is 6.07 Å². The first kappa shape index (κ1) is 22.7. The van der Waals surface area contributed by atoms with E-state index >= 15 is 0 Å². The van der Waals surface area contributed by atoms with Gasteiger partial charge < -0.3 is 9.05 Å². The number of halogens is 3. The lowest BCUT2D eigenvalue weighted by Crippen LogP contribution is -2.15. The standard InChI is InChI=1S/C16H13F3N3O7PS/c1-9-20-15(28-21-9)13-6-5-11(29-30(23,24)25)8-14(13)22-31(26,27)12-4-2-3-10(7-12)16(17,18)19/h2-8,22H,1H3,(H2,23,24,25). The Balaban J connectivity index is 2.07. The van der Waals surface area contributed by atoms with Gasteiger partial charge in [-0.15, -0.1) is 0 Å². The zero-order chi connectivity index (χ0) is 23.0. The number of hydrogen-bond acceptors (Lipinski definition) is 7. The maximum absolute atomic E-state index is 12.9. The largest absolute Gasteiger partial charge is 0.524 e. The Morgan fingerprint density at radius 2 is 1.87 bits per heavy atom. The monoisotopic (exact) mass is 479 g/mol. The number of sulfonamides is 1. The summed E-state index contributed by atoms with van der Waals surface area (Å²) in [4.78, 5) is 21.2. The van der Waals surface area contributed by atoms with Crippen LogP contribution in [0.5, 0.6) is 5.75 Å². The molecule has 0 amide bonds. The fourth-order valence-corrected chi connectivity index (χ4v) is 3.94. The number of rotatable bonds is 6. The van der Waals surface area contributed by atoms with E-state index in [2.05, 4.69) is 19.4 Å². The molecule has 0 atom stereocenters. The molecular formula is C16H13F3N3O7PS. The van der Waals surface area contributed by atoms with Crippen LogP contribution in [0.3, 0.4) is 0 Å².